The number of hydrogen-bond donors (Lipinski definition) is 3. The number of hydrogen-bond acceptors (Lipinski definition) is 8. The monoisotopic (exact) mass is 293 g/mol. The van der Waals surface area contributed by atoms with Crippen LogP contribution in [0.15, 0.2) is 17.8 Å². The lowest BCUT2D eigenvalue weighted by molar-refractivity contribution is -0.0488. The zero-order valence-electron chi connectivity index (χ0n) is 10.6. The Labute approximate surface area is 117 Å². The Morgan fingerprint density at radius 3 is 2.95 bits per heavy atom. The summed E-state index contributed by atoms with van der Waals surface area (Å²) in [7, 11) is 0. The first-order valence-corrected chi connectivity index (χ1v) is 6.02. The highest BCUT2D eigenvalue weighted by molar-refractivity contribution is 5.75. The van der Waals surface area contributed by atoms with E-state index in [2.05, 4.69) is 25.0 Å². The Bertz CT molecular complexity index is 712. The maximum Gasteiger partial charge on any atom is 0.242 e. The quantitative estimate of drug-likeness (QED) is 0.388. The molecular weight excluding hydrogens is 282 g/mol. The van der Waals surface area contributed by atoms with Crippen LogP contribution in [-0.4, -0.2) is 59.7 Å². The molecule has 3 heterocycles. The van der Waals surface area contributed by atoms with Crippen LogP contribution in [0.3, 0.4) is 0 Å². The Kier molecular flexibility index (Phi) is 3.31. The second-order valence-corrected chi connectivity index (χ2v) is 4.46. The van der Waals surface area contributed by atoms with E-state index >= 15 is 0 Å². The molecule has 21 heavy (non-hydrogen) atoms. The van der Waals surface area contributed by atoms with E-state index in [9.17, 15) is 15.3 Å². The standard InChI is InChI=1S/C10H11N7O4/c11-16-15-5-4(1-18)21-10(7(5)19)17-3-14-6-8(17)12-2-13-9(6)20/h2-5,7,10,18-19H,1H2,(H,12,13,20)/t4-,5-,7-,10-/m1/s1. The molecule has 2 aromatic heterocycles. The summed E-state index contributed by atoms with van der Waals surface area (Å²) in [6, 6.07) is -0.933. The van der Waals surface area contributed by atoms with Crippen molar-refractivity contribution in [1.29, 1.82) is 0 Å². The fourth-order valence-corrected chi connectivity index (χ4v) is 2.34. The Morgan fingerprint density at radius 2 is 2.24 bits per heavy atom. The van der Waals surface area contributed by atoms with E-state index in [-0.39, 0.29) is 17.0 Å². The highest BCUT2D eigenvalue weighted by Gasteiger charge is 2.44. The third-order valence-corrected chi connectivity index (χ3v) is 3.32. The summed E-state index contributed by atoms with van der Waals surface area (Å²) in [6.07, 6.45) is -0.510. The van der Waals surface area contributed by atoms with Gasteiger partial charge in [-0.25, -0.2) is 9.97 Å². The molecule has 1 saturated heterocycles. The van der Waals surface area contributed by atoms with Crippen molar-refractivity contribution < 1.29 is 20.1 Å². The van der Waals surface area contributed by atoms with E-state index in [0.717, 1.165) is 6.33 Å². The molecule has 3 N–H and O–H groups in total. The summed E-state index contributed by atoms with van der Waals surface area (Å²) in [5.41, 5.74) is 8.93. The second kappa shape index (κ2) is 5.14. The zero-order chi connectivity index (χ0) is 15.0. The van der Waals surface area contributed by atoms with Crippen LogP contribution in [0, 0.1) is 0 Å². The lowest BCUT2D eigenvalue weighted by atomic mass is 10.1. The minimum Gasteiger partial charge on any atom is -0.492 e. The second-order valence-electron chi connectivity index (χ2n) is 4.46. The number of aromatic hydroxyl groups is 1. The van der Waals surface area contributed by atoms with Gasteiger partial charge in [0.15, 0.2) is 17.4 Å². The molecule has 0 aliphatic carbocycles. The lowest BCUT2D eigenvalue weighted by Gasteiger charge is -2.16. The SMILES string of the molecule is [N-]=[N+]=N[C@H]1[C@@H](O)[C@H](n2cnc3c(O)ncnc32)O[C@@H]1CO. The van der Waals surface area contributed by atoms with Crippen molar-refractivity contribution in [1.82, 2.24) is 19.5 Å². The van der Waals surface area contributed by atoms with Crippen molar-refractivity contribution in [3.63, 3.8) is 0 Å². The van der Waals surface area contributed by atoms with Crippen molar-refractivity contribution in [3.05, 3.63) is 23.1 Å². The van der Waals surface area contributed by atoms with Gasteiger partial charge in [0.2, 0.25) is 5.88 Å². The van der Waals surface area contributed by atoms with Gasteiger partial charge in [0.1, 0.15) is 12.4 Å². The third kappa shape index (κ3) is 2.04. The van der Waals surface area contributed by atoms with Crippen LogP contribution in [0.5, 0.6) is 5.88 Å². The number of aliphatic hydroxyl groups excluding tert-OH is 2. The molecule has 4 atom stereocenters. The van der Waals surface area contributed by atoms with E-state index in [1.807, 2.05) is 0 Å². The van der Waals surface area contributed by atoms with Crippen LogP contribution in [0.1, 0.15) is 6.23 Å². The maximum absolute atomic E-state index is 10.2. The minimum atomic E-state index is -1.19. The number of fused-ring (bicyclic) bond motifs is 1. The van der Waals surface area contributed by atoms with Gasteiger partial charge < -0.3 is 20.1 Å². The molecule has 2 aromatic rings. The summed E-state index contributed by atoms with van der Waals surface area (Å²) in [6.45, 7) is -0.413. The zero-order valence-corrected chi connectivity index (χ0v) is 10.6. The summed E-state index contributed by atoms with van der Waals surface area (Å²) in [5, 5.41) is 32.5. The highest BCUT2D eigenvalue weighted by atomic mass is 16.5. The van der Waals surface area contributed by atoms with Gasteiger partial charge >= 0.3 is 0 Å². The molecular formula is C10H11N7O4. The van der Waals surface area contributed by atoms with Crippen molar-refractivity contribution in [3.8, 4) is 5.88 Å². The summed E-state index contributed by atoms with van der Waals surface area (Å²) in [4.78, 5) is 14.2. The van der Waals surface area contributed by atoms with Gasteiger partial charge in [-0.2, -0.15) is 4.98 Å². The molecule has 1 aliphatic rings. The summed E-state index contributed by atoms with van der Waals surface area (Å²) in [5.74, 6) is -0.295. The molecule has 0 unspecified atom stereocenters. The van der Waals surface area contributed by atoms with Gasteiger partial charge in [-0.05, 0) is 5.53 Å². The van der Waals surface area contributed by atoms with Crippen LogP contribution < -0.4 is 0 Å². The number of imidazole rings is 1. The van der Waals surface area contributed by atoms with Gasteiger partial charge in [-0.15, -0.1) is 0 Å². The smallest absolute Gasteiger partial charge is 0.242 e. The molecule has 0 amide bonds. The number of aliphatic hydroxyl groups is 2. The van der Waals surface area contributed by atoms with Gasteiger partial charge in [0.25, 0.3) is 0 Å². The molecule has 1 aliphatic heterocycles. The molecule has 0 saturated carbocycles. The van der Waals surface area contributed by atoms with Crippen LogP contribution >= 0.6 is 0 Å². The molecule has 1 fully saturated rings. The Balaban J connectivity index is 2.03. The average Bonchev–Trinajstić information content (AvgIpc) is 3.03. The molecule has 0 bridgehead atoms. The molecule has 110 valence electrons. The topological polar surface area (TPSA) is 162 Å². The van der Waals surface area contributed by atoms with Crippen molar-refractivity contribution in [2.75, 3.05) is 6.61 Å². The van der Waals surface area contributed by atoms with Gasteiger partial charge in [0, 0.05) is 4.91 Å². The van der Waals surface area contributed by atoms with E-state index < -0.39 is 31.1 Å². The third-order valence-electron chi connectivity index (χ3n) is 3.32. The fourth-order valence-electron chi connectivity index (χ4n) is 2.34. The number of ether oxygens (including phenoxy) is 1. The first-order valence-electron chi connectivity index (χ1n) is 6.02. The number of aromatic nitrogens is 4. The first kappa shape index (κ1) is 13.5. The van der Waals surface area contributed by atoms with Crippen LogP contribution in [-0.2, 0) is 4.74 Å². The van der Waals surface area contributed by atoms with Gasteiger partial charge in [-0.1, -0.05) is 5.11 Å². The van der Waals surface area contributed by atoms with E-state index in [1.54, 1.807) is 0 Å². The summed E-state index contributed by atoms with van der Waals surface area (Å²) < 4.78 is 6.88. The summed E-state index contributed by atoms with van der Waals surface area (Å²) >= 11 is 0. The predicted molar refractivity (Wildman–Crippen MR) is 66.9 cm³/mol. The highest BCUT2D eigenvalue weighted by Crippen LogP contribution is 2.33. The van der Waals surface area contributed by atoms with E-state index in [4.69, 9.17) is 10.3 Å². The molecule has 0 aromatic carbocycles. The molecule has 0 radical (unpaired) electrons. The molecule has 3 rings (SSSR count). The number of azide groups is 1. The molecule has 11 heteroatoms. The van der Waals surface area contributed by atoms with Gasteiger partial charge in [-0.3, -0.25) is 4.57 Å². The Hall–Kier alpha value is -2.46. The average molecular weight is 293 g/mol. The van der Waals surface area contributed by atoms with Crippen LogP contribution in [0.2, 0.25) is 0 Å². The Morgan fingerprint density at radius 1 is 1.43 bits per heavy atom. The van der Waals surface area contributed by atoms with Crippen molar-refractivity contribution >= 4 is 11.2 Å². The molecule has 0 spiro atoms. The minimum absolute atomic E-state index is 0.154. The normalized spacial score (nSPS) is 28.7. The maximum atomic E-state index is 10.2. The van der Waals surface area contributed by atoms with E-state index in [1.165, 1.54) is 10.9 Å². The van der Waals surface area contributed by atoms with Gasteiger partial charge in [0.05, 0.1) is 25.1 Å². The van der Waals surface area contributed by atoms with Crippen LogP contribution in [0.4, 0.5) is 0 Å². The fraction of sp³-hybridized carbons (Fsp3) is 0.500. The van der Waals surface area contributed by atoms with Crippen LogP contribution in [0.25, 0.3) is 21.6 Å². The number of nitrogens with zero attached hydrogens (tertiary/aromatic N) is 7. The first-order chi connectivity index (χ1) is 10.2. The molecule has 11 nitrogen and oxygen atoms in total. The van der Waals surface area contributed by atoms with Crippen molar-refractivity contribution in [2.24, 2.45) is 5.11 Å². The predicted octanol–water partition coefficient (Wildman–Crippen LogP) is -0.539. The lowest BCUT2D eigenvalue weighted by Crippen LogP contribution is -2.31. The largest absolute Gasteiger partial charge is 0.492 e. The van der Waals surface area contributed by atoms with Crippen molar-refractivity contribution in [2.45, 2.75) is 24.5 Å². The number of rotatable bonds is 3. The van der Waals surface area contributed by atoms with E-state index in [0.29, 0.717) is 0 Å².